The second-order valence-electron chi connectivity index (χ2n) is 8.80. The van der Waals surface area contributed by atoms with Gasteiger partial charge in [-0.1, -0.05) is 61.4 Å². The minimum absolute atomic E-state index is 0.0501. The highest BCUT2D eigenvalue weighted by Gasteiger charge is 2.47. The number of nitrogens with two attached hydrogens (primary N) is 1. The zero-order valence-corrected chi connectivity index (χ0v) is 17.8. The number of hydrogen-bond acceptors (Lipinski definition) is 4. The summed E-state index contributed by atoms with van der Waals surface area (Å²) in [4.78, 5) is 19.5. The molecule has 3 atom stereocenters. The number of aryl methyl sites for hydroxylation is 1. The zero-order chi connectivity index (χ0) is 21.0. The molecule has 1 amide bonds. The standard InChI is InChI=1S/C25H32N4O/c1-29-23(30)25(28-24(29)26,16-15-19-9-4-2-5-10-19)18-20-11-8-14-22(17-20)27-21-12-6-3-7-13-21/h2-7,9-10,12-13,20,22,27H,8,11,14-18H2,1H3,(H2,26,28)/t20?,22-,25+/m0/s1. The first kappa shape index (κ1) is 20.5. The Kier molecular flexibility index (Phi) is 6.07. The quantitative estimate of drug-likeness (QED) is 0.726. The molecule has 30 heavy (non-hydrogen) atoms. The summed E-state index contributed by atoms with van der Waals surface area (Å²) >= 11 is 0. The summed E-state index contributed by atoms with van der Waals surface area (Å²) in [6.45, 7) is 0. The lowest BCUT2D eigenvalue weighted by Gasteiger charge is -2.35. The van der Waals surface area contributed by atoms with E-state index in [1.165, 1.54) is 29.0 Å². The van der Waals surface area contributed by atoms with Crippen LogP contribution >= 0.6 is 0 Å². The number of benzene rings is 2. The summed E-state index contributed by atoms with van der Waals surface area (Å²) in [5.74, 6) is 0.861. The van der Waals surface area contributed by atoms with Crippen LogP contribution in [0.25, 0.3) is 0 Å². The van der Waals surface area contributed by atoms with Crippen LogP contribution in [0.2, 0.25) is 0 Å². The molecule has 0 spiro atoms. The number of carbonyl (C=O) groups is 1. The van der Waals surface area contributed by atoms with Crippen LogP contribution in [-0.4, -0.2) is 35.4 Å². The molecule has 2 aromatic rings. The Morgan fingerprint density at radius 2 is 1.80 bits per heavy atom. The Labute approximate surface area is 179 Å². The van der Waals surface area contributed by atoms with Gasteiger partial charge in [0.2, 0.25) is 0 Å². The normalized spacial score (nSPS) is 26.5. The van der Waals surface area contributed by atoms with Gasteiger partial charge in [-0.25, -0.2) is 4.99 Å². The first-order valence-electron chi connectivity index (χ1n) is 11.0. The van der Waals surface area contributed by atoms with Crippen molar-refractivity contribution in [2.45, 2.75) is 56.5 Å². The minimum Gasteiger partial charge on any atom is -0.382 e. The maximum absolute atomic E-state index is 13.2. The highest BCUT2D eigenvalue weighted by atomic mass is 16.2. The van der Waals surface area contributed by atoms with E-state index in [0.717, 1.165) is 25.7 Å². The van der Waals surface area contributed by atoms with Gasteiger partial charge in [0.1, 0.15) is 5.54 Å². The van der Waals surface area contributed by atoms with Crippen molar-refractivity contribution in [2.75, 3.05) is 12.4 Å². The van der Waals surface area contributed by atoms with Gasteiger partial charge in [0.15, 0.2) is 5.96 Å². The number of nitrogens with zero attached hydrogens (tertiary/aromatic N) is 2. The average molecular weight is 405 g/mol. The summed E-state index contributed by atoms with van der Waals surface area (Å²) in [6, 6.07) is 21.2. The number of aliphatic imine (C=N–C) groups is 1. The van der Waals surface area contributed by atoms with Crippen molar-refractivity contribution >= 4 is 17.6 Å². The molecule has 1 unspecified atom stereocenters. The van der Waals surface area contributed by atoms with E-state index in [-0.39, 0.29) is 5.91 Å². The Morgan fingerprint density at radius 3 is 2.47 bits per heavy atom. The van der Waals surface area contributed by atoms with Crippen LogP contribution in [-0.2, 0) is 11.2 Å². The molecule has 1 aliphatic carbocycles. The molecular formula is C25H32N4O. The molecule has 0 bridgehead atoms. The molecule has 5 nitrogen and oxygen atoms in total. The highest BCUT2D eigenvalue weighted by Crippen LogP contribution is 2.39. The highest BCUT2D eigenvalue weighted by molar-refractivity contribution is 6.06. The van der Waals surface area contributed by atoms with Gasteiger partial charge in [0.25, 0.3) is 5.91 Å². The van der Waals surface area contributed by atoms with E-state index in [1.807, 2.05) is 24.3 Å². The number of anilines is 1. The van der Waals surface area contributed by atoms with Crippen LogP contribution in [0.5, 0.6) is 0 Å². The largest absolute Gasteiger partial charge is 0.382 e. The lowest BCUT2D eigenvalue weighted by atomic mass is 9.75. The Balaban J connectivity index is 1.47. The van der Waals surface area contributed by atoms with Crippen LogP contribution in [0.4, 0.5) is 5.69 Å². The van der Waals surface area contributed by atoms with Crippen molar-refractivity contribution in [3.63, 3.8) is 0 Å². The van der Waals surface area contributed by atoms with Gasteiger partial charge in [-0.05, 0) is 55.7 Å². The van der Waals surface area contributed by atoms with Gasteiger partial charge in [-0.3, -0.25) is 9.69 Å². The molecule has 158 valence electrons. The number of nitrogens with one attached hydrogen (secondary N) is 1. The van der Waals surface area contributed by atoms with Crippen molar-refractivity contribution in [1.82, 2.24) is 4.90 Å². The zero-order valence-electron chi connectivity index (χ0n) is 17.8. The van der Waals surface area contributed by atoms with Crippen molar-refractivity contribution in [1.29, 1.82) is 0 Å². The number of guanidine groups is 1. The summed E-state index contributed by atoms with van der Waals surface area (Å²) in [7, 11) is 1.74. The average Bonchev–Trinajstić information content (AvgIpc) is 2.98. The smallest absolute Gasteiger partial charge is 0.257 e. The summed E-state index contributed by atoms with van der Waals surface area (Å²) in [6.07, 6.45) is 6.86. The number of carbonyl (C=O) groups excluding carboxylic acids is 1. The van der Waals surface area contributed by atoms with Crippen LogP contribution in [0.3, 0.4) is 0 Å². The SMILES string of the molecule is CN1C(=O)[C@@](CCc2ccccc2)(CC2CCC[C@H](Nc3ccccc3)C2)N=C1N. The number of hydrogen-bond donors (Lipinski definition) is 2. The fraction of sp³-hybridized carbons (Fsp3) is 0.440. The first-order chi connectivity index (χ1) is 14.6. The van der Waals surface area contributed by atoms with Gasteiger partial charge in [0.05, 0.1) is 0 Å². The van der Waals surface area contributed by atoms with Gasteiger partial charge in [0, 0.05) is 18.8 Å². The van der Waals surface area contributed by atoms with Gasteiger partial charge < -0.3 is 11.1 Å². The minimum atomic E-state index is -0.728. The molecule has 2 aliphatic rings. The third-order valence-corrected chi connectivity index (χ3v) is 6.60. The fourth-order valence-corrected chi connectivity index (χ4v) is 5.01. The molecule has 0 saturated heterocycles. The number of amides is 1. The molecule has 0 radical (unpaired) electrons. The van der Waals surface area contributed by atoms with Crippen LogP contribution in [0, 0.1) is 5.92 Å². The van der Waals surface area contributed by atoms with E-state index in [9.17, 15) is 4.79 Å². The topological polar surface area (TPSA) is 70.7 Å². The van der Waals surface area contributed by atoms with E-state index < -0.39 is 5.54 Å². The fourth-order valence-electron chi connectivity index (χ4n) is 5.01. The van der Waals surface area contributed by atoms with Crippen LogP contribution in [0.1, 0.15) is 44.1 Å². The van der Waals surface area contributed by atoms with Gasteiger partial charge >= 0.3 is 0 Å². The molecule has 0 aromatic heterocycles. The van der Waals surface area contributed by atoms with Gasteiger partial charge in [-0.2, -0.15) is 0 Å². The number of rotatable bonds is 7. The first-order valence-corrected chi connectivity index (χ1v) is 11.0. The predicted molar refractivity (Wildman–Crippen MR) is 122 cm³/mol. The Morgan fingerprint density at radius 1 is 1.10 bits per heavy atom. The maximum atomic E-state index is 13.2. The predicted octanol–water partition coefficient (Wildman–Crippen LogP) is 4.21. The van der Waals surface area contributed by atoms with Crippen molar-refractivity contribution in [2.24, 2.45) is 16.6 Å². The van der Waals surface area contributed by atoms with E-state index in [1.54, 1.807) is 7.05 Å². The number of para-hydroxylation sites is 1. The van der Waals surface area contributed by atoms with Crippen LogP contribution in [0.15, 0.2) is 65.7 Å². The summed E-state index contributed by atoms with van der Waals surface area (Å²) in [5, 5.41) is 3.68. The van der Waals surface area contributed by atoms with Crippen LogP contribution < -0.4 is 11.1 Å². The second-order valence-corrected chi connectivity index (χ2v) is 8.80. The van der Waals surface area contributed by atoms with Crippen molar-refractivity contribution < 1.29 is 4.79 Å². The summed E-state index contributed by atoms with van der Waals surface area (Å²) < 4.78 is 0. The molecule has 1 fully saturated rings. The molecule has 2 aromatic carbocycles. The van der Waals surface area contributed by atoms with E-state index in [2.05, 4.69) is 41.7 Å². The maximum Gasteiger partial charge on any atom is 0.257 e. The van der Waals surface area contributed by atoms with Gasteiger partial charge in [-0.15, -0.1) is 0 Å². The Bertz CT molecular complexity index is 883. The lowest BCUT2D eigenvalue weighted by molar-refractivity contribution is -0.131. The monoisotopic (exact) mass is 404 g/mol. The molecule has 1 heterocycles. The molecule has 1 saturated carbocycles. The molecule has 3 N–H and O–H groups in total. The molecule has 5 heteroatoms. The number of likely N-dealkylation sites (N-methyl/N-ethyl adjacent to an activating group) is 1. The summed E-state index contributed by atoms with van der Waals surface area (Å²) in [5.41, 5.74) is 7.77. The molecular weight excluding hydrogens is 372 g/mol. The second kappa shape index (κ2) is 8.90. The van der Waals surface area contributed by atoms with Crippen molar-refractivity contribution in [3.05, 3.63) is 66.2 Å². The third-order valence-electron chi connectivity index (χ3n) is 6.60. The Hall–Kier alpha value is -2.82. The van der Waals surface area contributed by atoms with Crippen molar-refractivity contribution in [3.8, 4) is 0 Å². The lowest BCUT2D eigenvalue weighted by Crippen LogP contribution is -2.44. The van der Waals surface area contributed by atoms with E-state index in [4.69, 9.17) is 10.7 Å². The molecule has 4 rings (SSSR count). The molecule has 1 aliphatic heterocycles. The third kappa shape index (κ3) is 4.50. The van der Waals surface area contributed by atoms with E-state index >= 15 is 0 Å². The van der Waals surface area contributed by atoms with E-state index in [0.29, 0.717) is 24.3 Å².